The van der Waals surface area contributed by atoms with Crippen molar-refractivity contribution in [1.82, 2.24) is 10.2 Å². The quantitative estimate of drug-likeness (QED) is 0.780. The number of hydrogen-bond donors (Lipinski definition) is 1. The Morgan fingerprint density at radius 3 is 2.17 bits per heavy atom. The molecule has 3 aliphatic rings. The first-order chi connectivity index (χ1) is 11.0. The summed E-state index contributed by atoms with van der Waals surface area (Å²) in [7, 11) is 1.36. The maximum atomic E-state index is 13.5. The molecule has 0 aromatic heterocycles. The molecule has 1 N–H and O–H groups in total. The van der Waals surface area contributed by atoms with E-state index in [0.717, 1.165) is 19.3 Å². The third-order valence-electron chi connectivity index (χ3n) is 5.63. The van der Waals surface area contributed by atoms with E-state index in [2.05, 4.69) is 33.0 Å². The molecule has 3 rings (SSSR count). The van der Waals surface area contributed by atoms with Crippen LogP contribution in [-0.4, -0.2) is 52.3 Å². The average molecular weight is 338 g/mol. The standard InChI is InChI=1S/C18H30N2O4/c1-12(13(21)23-6)20-14(22)17(24-18(20)8-7-9-18)10-15(2,3)19-16(4,5)11-17/h12,19H,7-11H2,1-6H3. The Hall–Kier alpha value is -1.14. The number of esters is 1. The third-order valence-corrected chi connectivity index (χ3v) is 5.63. The molecule has 136 valence electrons. The van der Waals surface area contributed by atoms with Gasteiger partial charge in [0, 0.05) is 23.9 Å². The highest BCUT2D eigenvalue weighted by Crippen LogP contribution is 2.54. The van der Waals surface area contributed by atoms with Gasteiger partial charge in [-0.3, -0.25) is 9.69 Å². The number of nitrogens with zero attached hydrogens (tertiary/aromatic N) is 1. The summed E-state index contributed by atoms with van der Waals surface area (Å²) in [6, 6.07) is -0.622. The molecule has 2 aliphatic heterocycles. The number of carbonyl (C=O) groups is 2. The molecule has 24 heavy (non-hydrogen) atoms. The SMILES string of the molecule is COC(=O)C(C)N1C(=O)C2(CC(C)(C)NC(C)(C)C2)OC12CCC2. The molecule has 3 fully saturated rings. The normalized spacial score (nSPS) is 30.2. The lowest BCUT2D eigenvalue weighted by atomic mass is 9.72. The summed E-state index contributed by atoms with van der Waals surface area (Å²) in [6.45, 7) is 10.2. The van der Waals surface area contributed by atoms with Crippen LogP contribution in [0.5, 0.6) is 0 Å². The lowest BCUT2D eigenvalue weighted by Gasteiger charge is -2.51. The second kappa shape index (κ2) is 5.18. The summed E-state index contributed by atoms with van der Waals surface area (Å²) >= 11 is 0. The van der Waals surface area contributed by atoms with Gasteiger partial charge in [0.05, 0.1) is 7.11 Å². The van der Waals surface area contributed by atoms with Crippen LogP contribution in [0.3, 0.4) is 0 Å². The monoisotopic (exact) mass is 338 g/mol. The van der Waals surface area contributed by atoms with E-state index in [0.29, 0.717) is 12.8 Å². The van der Waals surface area contributed by atoms with Gasteiger partial charge in [-0.25, -0.2) is 4.79 Å². The predicted octanol–water partition coefficient (Wildman–Crippen LogP) is 1.97. The number of amides is 1. The van der Waals surface area contributed by atoms with Gasteiger partial charge in [-0.2, -0.15) is 0 Å². The topological polar surface area (TPSA) is 67.9 Å². The zero-order valence-electron chi connectivity index (χ0n) is 15.7. The zero-order chi connectivity index (χ0) is 18.0. The first-order valence-electron chi connectivity index (χ1n) is 8.87. The van der Waals surface area contributed by atoms with Gasteiger partial charge in [-0.1, -0.05) is 0 Å². The Kier molecular flexibility index (Phi) is 3.81. The van der Waals surface area contributed by atoms with Crippen LogP contribution in [0.2, 0.25) is 0 Å². The van der Waals surface area contributed by atoms with Crippen molar-refractivity contribution in [3.8, 4) is 0 Å². The summed E-state index contributed by atoms with van der Waals surface area (Å²) in [6.07, 6.45) is 3.80. The van der Waals surface area contributed by atoms with E-state index in [1.165, 1.54) is 7.11 Å². The Bertz CT molecular complexity index is 549. The average Bonchev–Trinajstić information content (AvgIpc) is 2.63. The highest BCUT2D eigenvalue weighted by molar-refractivity contribution is 5.92. The highest BCUT2D eigenvalue weighted by Gasteiger charge is 2.67. The number of hydrogen-bond acceptors (Lipinski definition) is 5. The van der Waals surface area contributed by atoms with Crippen molar-refractivity contribution < 1.29 is 19.1 Å². The van der Waals surface area contributed by atoms with Gasteiger partial charge in [0.15, 0.2) is 5.60 Å². The number of methoxy groups -OCH3 is 1. The smallest absolute Gasteiger partial charge is 0.328 e. The second-order valence-electron chi connectivity index (χ2n) is 9.02. The number of carbonyl (C=O) groups excluding carboxylic acids is 2. The van der Waals surface area contributed by atoms with Crippen molar-refractivity contribution in [2.45, 2.75) is 95.2 Å². The molecule has 1 unspecified atom stereocenters. The molecule has 1 amide bonds. The van der Waals surface area contributed by atoms with Crippen molar-refractivity contribution in [1.29, 1.82) is 0 Å². The Labute approximate surface area is 144 Å². The van der Waals surface area contributed by atoms with Crippen LogP contribution in [0.15, 0.2) is 0 Å². The molecule has 2 saturated heterocycles. The minimum atomic E-state index is -0.860. The fourth-order valence-corrected chi connectivity index (χ4v) is 5.21. The summed E-state index contributed by atoms with van der Waals surface area (Å²) in [4.78, 5) is 27.3. The zero-order valence-corrected chi connectivity index (χ0v) is 15.7. The highest BCUT2D eigenvalue weighted by atomic mass is 16.6. The van der Waals surface area contributed by atoms with Crippen molar-refractivity contribution in [3.63, 3.8) is 0 Å². The lowest BCUT2D eigenvalue weighted by molar-refractivity contribution is -0.209. The first kappa shape index (κ1) is 17.7. The Morgan fingerprint density at radius 1 is 1.21 bits per heavy atom. The third kappa shape index (κ3) is 2.54. The molecular formula is C18H30N2O4. The van der Waals surface area contributed by atoms with Crippen LogP contribution in [0.4, 0.5) is 0 Å². The summed E-state index contributed by atoms with van der Waals surface area (Å²) in [5.41, 5.74) is -1.92. The van der Waals surface area contributed by atoms with Crippen LogP contribution in [0.1, 0.15) is 66.7 Å². The molecule has 1 atom stereocenters. The summed E-state index contributed by atoms with van der Waals surface area (Å²) in [5.74, 6) is -0.439. The van der Waals surface area contributed by atoms with E-state index >= 15 is 0 Å². The van der Waals surface area contributed by atoms with Gasteiger partial charge >= 0.3 is 5.97 Å². The van der Waals surface area contributed by atoms with E-state index in [1.54, 1.807) is 11.8 Å². The molecular weight excluding hydrogens is 308 g/mol. The molecule has 2 spiro atoms. The fraction of sp³-hybridized carbons (Fsp3) is 0.889. The van der Waals surface area contributed by atoms with Gasteiger partial charge in [-0.05, 0) is 53.9 Å². The van der Waals surface area contributed by atoms with Gasteiger partial charge in [-0.15, -0.1) is 0 Å². The van der Waals surface area contributed by atoms with E-state index in [4.69, 9.17) is 9.47 Å². The van der Waals surface area contributed by atoms with Gasteiger partial charge in [0.1, 0.15) is 11.8 Å². The number of piperidine rings is 1. The lowest BCUT2D eigenvalue weighted by Crippen LogP contribution is -2.66. The van der Waals surface area contributed by atoms with E-state index < -0.39 is 17.4 Å². The van der Waals surface area contributed by atoms with Crippen molar-refractivity contribution in [2.24, 2.45) is 0 Å². The summed E-state index contributed by atoms with van der Waals surface area (Å²) in [5, 5.41) is 3.60. The molecule has 6 nitrogen and oxygen atoms in total. The largest absolute Gasteiger partial charge is 0.467 e. The van der Waals surface area contributed by atoms with Crippen molar-refractivity contribution >= 4 is 11.9 Å². The number of rotatable bonds is 2. The molecule has 0 aromatic rings. The van der Waals surface area contributed by atoms with Crippen LogP contribution in [0.25, 0.3) is 0 Å². The molecule has 0 bridgehead atoms. The number of nitrogens with one attached hydrogen (secondary N) is 1. The predicted molar refractivity (Wildman–Crippen MR) is 89.2 cm³/mol. The maximum absolute atomic E-state index is 13.5. The molecule has 1 saturated carbocycles. The fourth-order valence-electron chi connectivity index (χ4n) is 5.21. The van der Waals surface area contributed by atoms with Crippen LogP contribution >= 0.6 is 0 Å². The molecule has 0 aromatic carbocycles. The van der Waals surface area contributed by atoms with Gasteiger partial charge < -0.3 is 14.8 Å². The second-order valence-corrected chi connectivity index (χ2v) is 9.02. The van der Waals surface area contributed by atoms with Crippen molar-refractivity contribution in [3.05, 3.63) is 0 Å². The maximum Gasteiger partial charge on any atom is 0.328 e. The molecule has 2 heterocycles. The Balaban J connectivity index is 2.00. The minimum Gasteiger partial charge on any atom is -0.467 e. The van der Waals surface area contributed by atoms with Crippen molar-refractivity contribution in [2.75, 3.05) is 7.11 Å². The molecule has 1 aliphatic carbocycles. The van der Waals surface area contributed by atoms with E-state index in [9.17, 15) is 9.59 Å². The van der Waals surface area contributed by atoms with Crippen LogP contribution < -0.4 is 5.32 Å². The van der Waals surface area contributed by atoms with Crippen LogP contribution in [0, 0.1) is 0 Å². The number of ether oxygens (including phenoxy) is 2. The van der Waals surface area contributed by atoms with Gasteiger partial charge in [0.25, 0.3) is 5.91 Å². The Morgan fingerprint density at radius 2 is 1.75 bits per heavy atom. The summed E-state index contributed by atoms with van der Waals surface area (Å²) < 4.78 is 11.4. The van der Waals surface area contributed by atoms with Gasteiger partial charge in [0.2, 0.25) is 0 Å². The first-order valence-corrected chi connectivity index (χ1v) is 8.87. The molecule has 6 heteroatoms. The minimum absolute atomic E-state index is 0.0530. The van der Waals surface area contributed by atoms with Crippen LogP contribution in [-0.2, 0) is 19.1 Å². The molecule has 0 radical (unpaired) electrons. The van der Waals surface area contributed by atoms with E-state index in [1.807, 2.05) is 0 Å². The van der Waals surface area contributed by atoms with E-state index in [-0.39, 0.29) is 23.0 Å².